The van der Waals surface area contributed by atoms with Crippen LogP contribution >= 0.6 is 0 Å². The minimum Gasteiger partial charge on any atom is -0.351 e. The van der Waals surface area contributed by atoms with Gasteiger partial charge in [0.05, 0.1) is 6.54 Å². The number of benzene rings is 1. The summed E-state index contributed by atoms with van der Waals surface area (Å²) in [4.78, 5) is 11.6. The van der Waals surface area contributed by atoms with Gasteiger partial charge in [0.25, 0.3) is 0 Å². The van der Waals surface area contributed by atoms with Gasteiger partial charge in [0.15, 0.2) is 0 Å². The Balaban J connectivity index is 1.63. The maximum absolute atomic E-state index is 11.6. The standard InChI is InChI=1S/C14H20N2O/c1-11(13-7-8-13)15-10-14(17)16-9-12-5-3-2-4-6-12/h2-6,11,13,15H,7-10H2,1H3,(H,16,17). The van der Waals surface area contributed by atoms with Crippen LogP contribution in [0.4, 0.5) is 0 Å². The summed E-state index contributed by atoms with van der Waals surface area (Å²) in [5, 5.41) is 6.18. The van der Waals surface area contributed by atoms with E-state index in [4.69, 9.17) is 0 Å². The summed E-state index contributed by atoms with van der Waals surface area (Å²) in [6, 6.07) is 10.4. The molecule has 0 heterocycles. The Morgan fingerprint density at radius 1 is 1.35 bits per heavy atom. The van der Waals surface area contributed by atoms with Crippen LogP contribution in [-0.2, 0) is 11.3 Å². The van der Waals surface area contributed by atoms with Crippen LogP contribution in [0.3, 0.4) is 0 Å². The van der Waals surface area contributed by atoms with E-state index >= 15 is 0 Å². The van der Waals surface area contributed by atoms with Gasteiger partial charge in [-0.25, -0.2) is 0 Å². The summed E-state index contributed by atoms with van der Waals surface area (Å²) in [5.74, 6) is 0.860. The third-order valence-corrected chi connectivity index (χ3v) is 3.25. The lowest BCUT2D eigenvalue weighted by Crippen LogP contribution is -2.38. The summed E-state index contributed by atoms with van der Waals surface area (Å²) >= 11 is 0. The molecule has 17 heavy (non-hydrogen) atoms. The minimum atomic E-state index is 0.0707. The maximum atomic E-state index is 11.6. The molecular weight excluding hydrogens is 212 g/mol. The number of carbonyl (C=O) groups is 1. The first-order valence-electron chi connectivity index (χ1n) is 6.29. The Bertz CT molecular complexity index is 360. The average molecular weight is 232 g/mol. The molecule has 0 saturated heterocycles. The monoisotopic (exact) mass is 232 g/mol. The number of hydrogen-bond donors (Lipinski definition) is 2. The number of nitrogens with one attached hydrogen (secondary N) is 2. The SMILES string of the molecule is CC(NCC(=O)NCc1ccccc1)C1CC1. The van der Waals surface area contributed by atoms with Crippen molar-refractivity contribution in [3.8, 4) is 0 Å². The highest BCUT2D eigenvalue weighted by molar-refractivity contribution is 5.78. The normalized spacial score (nSPS) is 16.5. The lowest BCUT2D eigenvalue weighted by atomic mass is 10.2. The number of carbonyl (C=O) groups excluding carboxylic acids is 1. The summed E-state index contributed by atoms with van der Waals surface area (Å²) < 4.78 is 0. The lowest BCUT2D eigenvalue weighted by molar-refractivity contribution is -0.120. The van der Waals surface area contributed by atoms with Crippen LogP contribution in [0.1, 0.15) is 25.3 Å². The molecule has 1 aromatic rings. The molecule has 1 atom stereocenters. The Kier molecular flexibility index (Phi) is 4.15. The fourth-order valence-corrected chi connectivity index (χ4v) is 1.88. The van der Waals surface area contributed by atoms with Crippen LogP contribution in [0.5, 0.6) is 0 Å². The molecule has 1 unspecified atom stereocenters. The molecule has 3 nitrogen and oxygen atoms in total. The first-order chi connectivity index (χ1) is 8.25. The molecule has 2 N–H and O–H groups in total. The summed E-state index contributed by atoms with van der Waals surface area (Å²) in [6.45, 7) is 3.19. The highest BCUT2D eigenvalue weighted by Crippen LogP contribution is 2.32. The van der Waals surface area contributed by atoms with Gasteiger partial charge >= 0.3 is 0 Å². The number of rotatable bonds is 6. The average Bonchev–Trinajstić information content (AvgIpc) is 3.19. The molecule has 0 spiro atoms. The molecule has 0 radical (unpaired) electrons. The third kappa shape index (κ3) is 4.19. The van der Waals surface area contributed by atoms with E-state index in [-0.39, 0.29) is 5.91 Å². The van der Waals surface area contributed by atoms with Crippen molar-refractivity contribution < 1.29 is 4.79 Å². The van der Waals surface area contributed by atoms with E-state index in [1.807, 2.05) is 30.3 Å². The van der Waals surface area contributed by atoms with E-state index in [1.54, 1.807) is 0 Å². The van der Waals surface area contributed by atoms with Gasteiger partial charge < -0.3 is 10.6 Å². The van der Waals surface area contributed by atoms with Crippen molar-refractivity contribution in [3.63, 3.8) is 0 Å². The second-order valence-electron chi connectivity index (χ2n) is 4.77. The second-order valence-corrected chi connectivity index (χ2v) is 4.77. The van der Waals surface area contributed by atoms with E-state index in [0.29, 0.717) is 19.1 Å². The molecule has 1 amide bonds. The van der Waals surface area contributed by atoms with E-state index in [0.717, 1.165) is 11.5 Å². The predicted molar refractivity (Wildman–Crippen MR) is 68.5 cm³/mol. The van der Waals surface area contributed by atoms with E-state index in [9.17, 15) is 4.79 Å². The van der Waals surface area contributed by atoms with Crippen LogP contribution in [0.2, 0.25) is 0 Å². The van der Waals surface area contributed by atoms with Gasteiger partial charge in [0.2, 0.25) is 5.91 Å². The zero-order valence-corrected chi connectivity index (χ0v) is 10.3. The van der Waals surface area contributed by atoms with Crippen molar-refractivity contribution in [2.24, 2.45) is 5.92 Å². The van der Waals surface area contributed by atoms with Gasteiger partial charge in [-0.2, -0.15) is 0 Å². The summed E-state index contributed by atoms with van der Waals surface area (Å²) in [5.41, 5.74) is 1.14. The van der Waals surface area contributed by atoms with Crippen LogP contribution in [-0.4, -0.2) is 18.5 Å². The Labute approximate surface area is 103 Å². The molecule has 0 bridgehead atoms. The molecule has 92 valence electrons. The molecular formula is C14H20N2O. The highest BCUT2D eigenvalue weighted by atomic mass is 16.1. The van der Waals surface area contributed by atoms with Crippen molar-refractivity contribution >= 4 is 5.91 Å². The smallest absolute Gasteiger partial charge is 0.234 e. The molecule has 2 rings (SSSR count). The fraction of sp³-hybridized carbons (Fsp3) is 0.500. The van der Waals surface area contributed by atoms with E-state index < -0.39 is 0 Å². The largest absolute Gasteiger partial charge is 0.351 e. The fourth-order valence-electron chi connectivity index (χ4n) is 1.88. The second kappa shape index (κ2) is 5.82. The van der Waals surface area contributed by atoms with Gasteiger partial charge in [0.1, 0.15) is 0 Å². The molecule has 3 heteroatoms. The highest BCUT2D eigenvalue weighted by Gasteiger charge is 2.27. The van der Waals surface area contributed by atoms with E-state index in [2.05, 4.69) is 17.6 Å². The molecule has 0 aliphatic heterocycles. The predicted octanol–water partition coefficient (Wildman–Crippen LogP) is 1.69. The quantitative estimate of drug-likeness (QED) is 0.783. The number of amides is 1. The zero-order chi connectivity index (χ0) is 12.1. The third-order valence-electron chi connectivity index (χ3n) is 3.25. The minimum absolute atomic E-state index is 0.0707. The first kappa shape index (κ1) is 12.1. The maximum Gasteiger partial charge on any atom is 0.234 e. The van der Waals surface area contributed by atoms with Crippen LogP contribution in [0, 0.1) is 5.92 Å². The summed E-state index contributed by atoms with van der Waals surface area (Å²) in [6.07, 6.45) is 2.61. The topological polar surface area (TPSA) is 41.1 Å². The van der Waals surface area contributed by atoms with Gasteiger partial charge in [-0.3, -0.25) is 4.79 Å². The molecule has 1 saturated carbocycles. The van der Waals surface area contributed by atoms with Crippen LogP contribution < -0.4 is 10.6 Å². The molecule has 1 fully saturated rings. The Morgan fingerprint density at radius 3 is 2.71 bits per heavy atom. The van der Waals surface area contributed by atoms with Gasteiger partial charge in [-0.15, -0.1) is 0 Å². The van der Waals surface area contributed by atoms with Gasteiger partial charge in [-0.1, -0.05) is 30.3 Å². The number of hydrogen-bond acceptors (Lipinski definition) is 2. The zero-order valence-electron chi connectivity index (χ0n) is 10.3. The van der Waals surface area contributed by atoms with E-state index in [1.165, 1.54) is 12.8 Å². The molecule has 1 aliphatic rings. The van der Waals surface area contributed by atoms with Crippen LogP contribution in [0.15, 0.2) is 30.3 Å². The molecule has 1 aromatic carbocycles. The van der Waals surface area contributed by atoms with Crippen LogP contribution in [0.25, 0.3) is 0 Å². The first-order valence-corrected chi connectivity index (χ1v) is 6.29. The molecule has 0 aromatic heterocycles. The summed E-state index contributed by atoms with van der Waals surface area (Å²) in [7, 11) is 0. The van der Waals surface area contributed by atoms with Crippen molar-refractivity contribution in [2.75, 3.05) is 6.54 Å². The molecule has 1 aliphatic carbocycles. The van der Waals surface area contributed by atoms with Crippen molar-refractivity contribution in [1.82, 2.24) is 10.6 Å². The lowest BCUT2D eigenvalue weighted by Gasteiger charge is -2.12. The van der Waals surface area contributed by atoms with Gasteiger partial charge in [-0.05, 0) is 31.2 Å². The van der Waals surface area contributed by atoms with Gasteiger partial charge in [0, 0.05) is 12.6 Å². The van der Waals surface area contributed by atoms with Crippen molar-refractivity contribution in [2.45, 2.75) is 32.4 Å². The Morgan fingerprint density at radius 2 is 2.06 bits per heavy atom. The van der Waals surface area contributed by atoms with Crippen molar-refractivity contribution in [1.29, 1.82) is 0 Å². The Hall–Kier alpha value is -1.35. The van der Waals surface area contributed by atoms with Crippen molar-refractivity contribution in [3.05, 3.63) is 35.9 Å².